The number of rotatable bonds is 8. The average Bonchev–Trinajstić information content (AvgIpc) is 3.17. The van der Waals surface area contributed by atoms with Crippen LogP contribution in [0.25, 0.3) is 0 Å². The third-order valence-corrected chi connectivity index (χ3v) is 6.22. The van der Waals surface area contributed by atoms with Crippen LogP contribution in [-0.2, 0) is 28.7 Å². The smallest absolute Gasteiger partial charge is 0.352 e. The Bertz CT molecular complexity index is 988. The number of anilines is 1. The van der Waals surface area contributed by atoms with Crippen LogP contribution >= 0.6 is 23.1 Å². The summed E-state index contributed by atoms with van der Waals surface area (Å²) in [5, 5.41) is 14.7. The number of fused-ring (bicyclic) bond motifs is 1. The summed E-state index contributed by atoms with van der Waals surface area (Å²) in [4.78, 5) is 74.8. The first kappa shape index (κ1) is 21.4. The van der Waals surface area contributed by atoms with Crippen LogP contribution in [0.2, 0.25) is 0 Å². The van der Waals surface area contributed by atoms with Gasteiger partial charge in [-0.05, 0) is 0 Å². The highest BCUT2D eigenvalue weighted by molar-refractivity contribution is 8.00. The van der Waals surface area contributed by atoms with Gasteiger partial charge in [-0.2, -0.15) is 0 Å². The Morgan fingerprint density at radius 1 is 1.40 bits per heavy atom. The van der Waals surface area contributed by atoms with E-state index in [-0.39, 0.29) is 34.5 Å². The lowest BCUT2D eigenvalue weighted by molar-refractivity contribution is -0.150. The van der Waals surface area contributed by atoms with Crippen molar-refractivity contribution in [1.29, 1.82) is 0 Å². The van der Waals surface area contributed by atoms with Crippen LogP contribution in [0.3, 0.4) is 0 Å². The number of nitrogens with zero attached hydrogens (tertiary/aromatic N) is 2. The van der Waals surface area contributed by atoms with Gasteiger partial charge in [-0.25, -0.2) is 9.78 Å². The second-order valence-corrected chi connectivity index (χ2v) is 7.99. The number of β-lactam (4-membered cyclic amide) rings is 1. The average molecular weight is 454 g/mol. The maximum absolute atomic E-state index is 12.5. The maximum atomic E-state index is 12.5. The fourth-order valence-corrected chi connectivity index (χ4v) is 4.78. The van der Waals surface area contributed by atoms with Gasteiger partial charge >= 0.3 is 11.9 Å². The first-order chi connectivity index (χ1) is 14.2. The molecule has 158 valence electrons. The van der Waals surface area contributed by atoms with Crippen molar-refractivity contribution >= 4 is 64.2 Å². The molecule has 0 spiro atoms. The number of carbonyl (C=O) groups excluding carboxylic acids is 5. The molecule has 1 saturated heterocycles. The highest BCUT2D eigenvalue weighted by atomic mass is 32.2. The van der Waals surface area contributed by atoms with Crippen LogP contribution < -0.4 is 10.6 Å². The number of Topliss-reactive ketones (excluding diaryl/α,β-unsaturated/α-hetero) is 1. The molecule has 0 aromatic carbocycles. The van der Waals surface area contributed by atoms with Gasteiger partial charge in [0, 0.05) is 23.6 Å². The van der Waals surface area contributed by atoms with E-state index in [0.29, 0.717) is 6.41 Å². The Morgan fingerprint density at radius 2 is 2.13 bits per heavy atom. The molecule has 12 nitrogen and oxygen atoms in total. The van der Waals surface area contributed by atoms with E-state index < -0.39 is 41.0 Å². The minimum absolute atomic E-state index is 0.131. The quantitative estimate of drug-likeness (QED) is 0.148. The number of esters is 1. The van der Waals surface area contributed by atoms with E-state index in [1.807, 2.05) is 0 Å². The van der Waals surface area contributed by atoms with Gasteiger partial charge in [0.05, 0.1) is 0 Å². The minimum Gasteiger partial charge on any atom is -0.477 e. The first-order valence-corrected chi connectivity index (χ1v) is 10.2. The fourth-order valence-electron chi connectivity index (χ4n) is 2.80. The maximum Gasteiger partial charge on any atom is 0.352 e. The number of hydrogen-bond donors (Lipinski definition) is 3. The number of thioether (sulfide) groups is 1. The van der Waals surface area contributed by atoms with Gasteiger partial charge in [0.25, 0.3) is 17.6 Å². The molecule has 2 atom stereocenters. The molecule has 1 aromatic rings. The van der Waals surface area contributed by atoms with Gasteiger partial charge in [0.15, 0.2) is 5.13 Å². The highest BCUT2D eigenvalue weighted by Crippen LogP contribution is 2.40. The molecular weight excluding hydrogens is 440 g/mol. The number of carbonyl (C=O) groups is 6. The zero-order chi connectivity index (χ0) is 22.0. The number of aromatic nitrogens is 1. The molecular formula is C16H14N4O8S2. The van der Waals surface area contributed by atoms with Crippen molar-refractivity contribution in [3.8, 4) is 0 Å². The zero-order valence-electron chi connectivity index (χ0n) is 15.2. The molecule has 2 aliphatic rings. The Balaban J connectivity index is 1.70. The summed E-state index contributed by atoms with van der Waals surface area (Å²) in [5.41, 5.74) is -0.242. The van der Waals surface area contributed by atoms with Crippen molar-refractivity contribution < 1.29 is 38.6 Å². The predicted octanol–water partition coefficient (Wildman–Crippen LogP) is -0.804. The van der Waals surface area contributed by atoms with Crippen molar-refractivity contribution in [2.45, 2.75) is 18.3 Å². The molecule has 3 heterocycles. The van der Waals surface area contributed by atoms with Crippen molar-refractivity contribution in [1.82, 2.24) is 15.2 Å². The summed E-state index contributed by atoms with van der Waals surface area (Å²) in [7, 11) is 0. The van der Waals surface area contributed by atoms with Gasteiger partial charge < -0.3 is 20.5 Å². The third kappa shape index (κ3) is 4.04. The number of nitrogens with one attached hydrogen (secondary N) is 2. The van der Waals surface area contributed by atoms with E-state index in [2.05, 4.69) is 15.6 Å². The largest absolute Gasteiger partial charge is 0.477 e. The number of carboxylic acid groups (broad SMARTS) is 1. The van der Waals surface area contributed by atoms with E-state index in [4.69, 9.17) is 4.74 Å². The lowest BCUT2D eigenvalue weighted by Crippen LogP contribution is -2.71. The molecule has 0 saturated carbocycles. The number of aliphatic carboxylic acids is 1. The molecule has 0 bridgehead atoms. The van der Waals surface area contributed by atoms with Crippen molar-refractivity contribution in [3.63, 3.8) is 0 Å². The van der Waals surface area contributed by atoms with Crippen LogP contribution in [0.4, 0.5) is 5.13 Å². The first-order valence-electron chi connectivity index (χ1n) is 8.28. The summed E-state index contributed by atoms with van der Waals surface area (Å²) in [6.45, 7) is 0.911. The highest BCUT2D eigenvalue weighted by Gasteiger charge is 2.54. The molecule has 3 N–H and O–H groups in total. The molecule has 3 amide bonds. The zero-order valence-corrected chi connectivity index (χ0v) is 16.9. The molecule has 30 heavy (non-hydrogen) atoms. The molecule has 1 fully saturated rings. The summed E-state index contributed by atoms with van der Waals surface area (Å²) < 4.78 is 4.84. The summed E-state index contributed by atoms with van der Waals surface area (Å²) in [6, 6.07) is -1.10. The van der Waals surface area contributed by atoms with Crippen LogP contribution in [-0.4, -0.2) is 74.7 Å². The van der Waals surface area contributed by atoms with Gasteiger partial charge in [-0.3, -0.25) is 28.9 Å². The molecule has 0 unspecified atom stereocenters. The molecule has 14 heteroatoms. The molecule has 0 aliphatic carbocycles. The van der Waals surface area contributed by atoms with Crippen molar-refractivity contribution in [2.24, 2.45) is 0 Å². The molecule has 1 aromatic heterocycles. The normalized spacial score (nSPS) is 20.0. The number of ether oxygens (including phenoxy) is 1. The Labute approximate surface area is 176 Å². The van der Waals surface area contributed by atoms with E-state index in [0.717, 1.165) is 16.2 Å². The number of thiazole rings is 1. The summed E-state index contributed by atoms with van der Waals surface area (Å²) in [5.74, 6) is -4.57. The third-order valence-electron chi connectivity index (χ3n) is 4.11. The number of hydrogen-bond acceptors (Lipinski definition) is 10. The van der Waals surface area contributed by atoms with Crippen LogP contribution in [0.15, 0.2) is 16.7 Å². The van der Waals surface area contributed by atoms with Gasteiger partial charge in [0.1, 0.15) is 29.4 Å². The fraction of sp³-hybridized carbons (Fsp3) is 0.312. The van der Waals surface area contributed by atoms with E-state index in [1.165, 1.54) is 24.1 Å². The lowest BCUT2D eigenvalue weighted by Gasteiger charge is -2.49. The van der Waals surface area contributed by atoms with Gasteiger partial charge in [-0.1, -0.05) is 0 Å². The van der Waals surface area contributed by atoms with Crippen LogP contribution in [0.1, 0.15) is 17.4 Å². The summed E-state index contributed by atoms with van der Waals surface area (Å²) >= 11 is 2.12. The molecule has 2 aliphatic heterocycles. The van der Waals surface area contributed by atoms with E-state index in [9.17, 15) is 33.9 Å². The van der Waals surface area contributed by atoms with Gasteiger partial charge in [0.2, 0.25) is 6.41 Å². The monoisotopic (exact) mass is 454 g/mol. The van der Waals surface area contributed by atoms with Crippen LogP contribution in [0, 0.1) is 0 Å². The van der Waals surface area contributed by atoms with Crippen molar-refractivity contribution in [2.75, 3.05) is 17.7 Å². The number of ketones is 1. The Hall–Kier alpha value is -3.26. The Morgan fingerprint density at radius 3 is 2.77 bits per heavy atom. The molecule has 3 rings (SSSR count). The number of amides is 3. The van der Waals surface area contributed by atoms with Crippen LogP contribution in [0.5, 0.6) is 0 Å². The lowest BCUT2D eigenvalue weighted by atomic mass is 10.0. The Kier molecular flexibility index (Phi) is 6.17. The number of carboxylic acids is 1. The second kappa shape index (κ2) is 8.62. The second-order valence-electron chi connectivity index (χ2n) is 6.03. The topological polar surface area (TPSA) is 172 Å². The predicted molar refractivity (Wildman–Crippen MR) is 102 cm³/mol. The van der Waals surface area contributed by atoms with Crippen molar-refractivity contribution in [3.05, 3.63) is 22.3 Å². The molecule has 0 radical (unpaired) electrons. The van der Waals surface area contributed by atoms with E-state index >= 15 is 0 Å². The van der Waals surface area contributed by atoms with E-state index in [1.54, 1.807) is 0 Å². The van der Waals surface area contributed by atoms with Gasteiger partial charge in [-0.15, -0.1) is 23.1 Å². The summed E-state index contributed by atoms with van der Waals surface area (Å²) in [6.07, 6.45) is 0.373. The minimum atomic E-state index is -1.37. The standard InChI is InChI=1S/C16H14N4O8S2/c1-6(22)28-2-7-3-29-14-9(13(25)20(14)10(7)15(26)27)19-12(24)11(23)8-4-30-16(18-8)17-5-21/h4-5,9,14H,2-3H2,1H3,(H,19,24)(H,26,27)(H,17,18,21)/t9-,14-/m1/s1. The SMILES string of the molecule is CC(=O)OCC1=C(C(=O)O)N2C(=O)[C@@H](NC(=O)C(=O)c3csc(NC=O)n3)[C@H]2SC1.